The summed E-state index contributed by atoms with van der Waals surface area (Å²) < 4.78 is 37.3. The van der Waals surface area contributed by atoms with Gasteiger partial charge in [-0.25, -0.2) is 8.42 Å². The van der Waals surface area contributed by atoms with E-state index in [1.807, 2.05) is 0 Å². The number of sulfonamides is 1. The first-order valence-electron chi connectivity index (χ1n) is 6.97. The molecule has 2 rings (SSSR count). The van der Waals surface area contributed by atoms with Crippen LogP contribution in [0.4, 0.5) is 0 Å². The highest BCUT2D eigenvalue weighted by molar-refractivity contribution is 7.89. The van der Waals surface area contributed by atoms with E-state index < -0.39 is 10.0 Å². The number of likely N-dealkylation sites (N-methyl/N-ethyl adjacent to an activating group) is 1. The standard InChI is InChI=1S/C14H22N2O4S/c1-4-15-7-9-16(10-8-15)21(17,18)14-6-5-12(19-2)11-13(14)20-3/h5-6,11H,4,7-10H2,1-3H3. The van der Waals surface area contributed by atoms with Crippen LogP contribution in [0.3, 0.4) is 0 Å². The first kappa shape index (κ1) is 16.1. The summed E-state index contributed by atoms with van der Waals surface area (Å²) in [5, 5.41) is 0. The summed E-state index contributed by atoms with van der Waals surface area (Å²) in [5.41, 5.74) is 0. The SMILES string of the molecule is CCN1CCN(S(=O)(=O)c2ccc(OC)cc2OC)CC1. The van der Waals surface area contributed by atoms with Crippen molar-refractivity contribution >= 4 is 10.0 Å². The first-order valence-corrected chi connectivity index (χ1v) is 8.41. The summed E-state index contributed by atoms with van der Waals surface area (Å²) in [6, 6.07) is 4.77. The number of methoxy groups -OCH3 is 2. The van der Waals surface area contributed by atoms with Crippen LogP contribution < -0.4 is 9.47 Å². The van der Waals surface area contributed by atoms with E-state index in [4.69, 9.17) is 9.47 Å². The van der Waals surface area contributed by atoms with Crippen molar-refractivity contribution in [3.05, 3.63) is 18.2 Å². The molecule has 21 heavy (non-hydrogen) atoms. The molecule has 0 N–H and O–H groups in total. The van der Waals surface area contributed by atoms with Gasteiger partial charge in [0.05, 0.1) is 14.2 Å². The Labute approximate surface area is 126 Å². The lowest BCUT2D eigenvalue weighted by atomic mass is 10.3. The minimum Gasteiger partial charge on any atom is -0.497 e. The molecule has 1 aliphatic rings. The lowest BCUT2D eigenvalue weighted by Gasteiger charge is -2.33. The van der Waals surface area contributed by atoms with E-state index in [2.05, 4.69) is 11.8 Å². The second-order valence-corrected chi connectivity index (χ2v) is 6.76. The van der Waals surface area contributed by atoms with E-state index in [0.29, 0.717) is 24.6 Å². The van der Waals surface area contributed by atoms with E-state index >= 15 is 0 Å². The van der Waals surface area contributed by atoms with Gasteiger partial charge < -0.3 is 14.4 Å². The van der Waals surface area contributed by atoms with E-state index in [9.17, 15) is 8.42 Å². The number of hydrogen-bond acceptors (Lipinski definition) is 5. The van der Waals surface area contributed by atoms with E-state index in [-0.39, 0.29) is 4.90 Å². The zero-order chi connectivity index (χ0) is 15.5. The average Bonchev–Trinajstić information content (AvgIpc) is 2.54. The minimum absolute atomic E-state index is 0.191. The molecule has 0 amide bonds. The third-order valence-corrected chi connectivity index (χ3v) is 5.71. The maximum Gasteiger partial charge on any atom is 0.246 e. The van der Waals surface area contributed by atoms with Gasteiger partial charge in [0, 0.05) is 32.2 Å². The van der Waals surface area contributed by atoms with Crippen LogP contribution in [0.1, 0.15) is 6.92 Å². The number of rotatable bonds is 5. The van der Waals surface area contributed by atoms with Crippen molar-refractivity contribution in [2.45, 2.75) is 11.8 Å². The predicted molar refractivity (Wildman–Crippen MR) is 80.4 cm³/mol. The largest absolute Gasteiger partial charge is 0.497 e. The molecular weight excluding hydrogens is 292 g/mol. The van der Waals surface area contributed by atoms with Crippen LogP contribution in [0.2, 0.25) is 0 Å². The Morgan fingerprint density at radius 3 is 2.29 bits per heavy atom. The number of hydrogen-bond donors (Lipinski definition) is 0. The van der Waals surface area contributed by atoms with Crippen molar-refractivity contribution in [2.75, 3.05) is 46.9 Å². The Hall–Kier alpha value is -1.31. The molecule has 0 aromatic heterocycles. The van der Waals surface area contributed by atoms with Gasteiger partial charge in [-0.1, -0.05) is 6.92 Å². The van der Waals surface area contributed by atoms with E-state index in [1.165, 1.54) is 18.5 Å². The van der Waals surface area contributed by atoms with Crippen LogP contribution in [0.25, 0.3) is 0 Å². The van der Waals surface area contributed by atoms with Crippen molar-refractivity contribution in [1.29, 1.82) is 0 Å². The van der Waals surface area contributed by atoms with Crippen LogP contribution in [0, 0.1) is 0 Å². The summed E-state index contributed by atoms with van der Waals surface area (Å²) in [6.07, 6.45) is 0. The Morgan fingerprint density at radius 1 is 1.10 bits per heavy atom. The molecule has 1 aliphatic heterocycles. The normalized spacial score (nSPS) is 17.7. The van der Waals surface area contributed by atoms with Gasteiger partial charge in [0.25, 0.3) is 0 Å². The number of benzene rings is 1. The van der Waals surface area contributed by atoms with Gasteiger partial charge in [-0.2, -0.15) is 4.31 Å². The van der Waals surface area contributed by atoms with Crippen molar-refractivity contribution in [3.63, 3.8) is 0 Å². The molecule has 0 saturated carbocycles. The monoisotopic (exact) mass is 314 g/mol. The molecule has 1 aromatic rings. The fourth-order valence-electron chi connectivity index (χ4n) is 2.41. The van der Waals surface area contributed by atoms with Crippen LogP contribution >= 0.6 is 0 Å². The summed E-state index contributed by atoms with van der Waals surface area (Å²) in [6.45, 7) is 5.55. The number of ether oxygens (including phenoxy) is 2. The second-order valence-electron chi connectivity index (χ2n) is 4.86. The third-order valence-electron chi connectivity index (χ3n) is 3.77. The second kappa shape index (κ2) is 6.64. The molecule has 1 aromatic carbocycles. The van der Waals surface area contributed by atoms with E-state index in [1.54, 1.807) is 18.2 Å². The number of nitrogens with zero attached hydrogens (tertiary/aromatic N) is 2. The molecule has 1 saturated heterocycles. The quantitative estimate of drug-likeness (QED) is 0.812. The summed E-state index contributed by atoms with van der Waals surface area (Å²) in [5.74, 6) is 0.883. The molecule has 7 heteroatoms. The van der Waals surface area contributed by atoms with Crippen molar-refractivity contribution in [2.24, 2.45) is 0 Å². The Kier molecular flexibility index (Phi) is 5.08. The smallest absolute Gasteiger partial charge is 0.246 e. The highest BCUT2D eigenvalue weighted by Gasteiger charge is 2.30. The summed E-state index contributed by atoms with van der Waals surface area (Å²) in [4.78, 5) is 2.42. The third kappa shape index (κ3) is 3.30. The highest BCUT2D eigenvalue weighted by atomic mass is 32.2. The highest BCUT2D eigenvalue weighted by Crippen LogP contribution is 2.30. The van der Waals surface area contributed by atoms with Gasteiger partial charge in [0.1, 0.15) is 16.4 Å². The molecule has 6 nitrogen and oxygen atoms in total. The van der Waals surface area contributed by atoms with Crippen LogP contribution in [-0.2, 0) is 10.0 Å². The molecule has 0 atom stereocenters. The molecular formula is C14H22N2O4S. The summed E-state index contributed by atoms with van der Waals surface area (Å²) >= 11 is 0. The molecule has 0 radical (unpaired) electrons. The minimum atomic E-state index is -3.54. The fraction of sp³-hybridized carbons (Fsp3) is 0.571. The first-order chi connectivity index (χ1) is 10.0. The van der Waals surface area contributed by atoms with Gasteiger partial charge in [0.15, 0.2) is 0 Å². The van der Waals surface area contributed by atoms with Gasteiger partial charge in [-0.15, -0.1) is 0 Å². The van der Waals surface area contributed by atoms with Crippen molar-refractivity contribution in [1.82, 2.24) is 9.21 Å². The van der Waals surface area contributed by atoms with Gasteiger partial charge in [-0.3, -0.25) is 0 Å². The fourth-order valence-corrected chi connectivity index (χ4v) is 3.97. The van der Waals surface area contributed by atoms with E-state index in [0.717, 1.165) is 19.6 Å². The zero-order valence-electron chi connectivity index (χ0n) is 12.7. The van der Waals surface area contributed by atoms with Crippen molar-refractivity contribution < 1.29 is 17.9 Å². The zero-order valence-corrected chi connectivity index (χ0v) is 13.5. The van der Waals surface area contributed by atoms with Crippen LogP contribution in [-0.4, -0.2) is 64.6 Å². The van der Waals surface area contributed by atoms with Crippen LogP contribution in [0.15, 0.2) is 23.1 Å². The maximum absolute atomic E-state index is 12.7. The molecule has 0 spiro atoms. The summed E-state index contributed by atoms with van der Waals surface area (Å²) in [7, 11) is -0.540. The molecule has 0 aliphatic carbocycles. The topological polar surface area (TPSA) is 59.1 Å². The van der Waals surface area contributed by atoms with Crippen LogP contribution in [0.5, 0.6) is 11.5 Å². The van der Waals surface area contributed by atoms with Gasteiger partial charge in [0.2, 0.25) is 10.0 Å². The lowest BCUT2D eigenvalue weighted by molar-refractivity contribution is 0.196. The van der Waals surface area contributed by atoms with Gasteiger partial charge >= 0.3 is 0 Å². The predicted octanol–water partition coefficient (Wildman–Crippen LogP) is 1.03. The molecule has 0 unspecified atom stereocenters. The lowest BCUT2D eigenvalue weighted by Crippen LogP contribution is -2.48. The van der Waals surface area contributed by atoms with Gasteiger partial charge in [-0.05, 0) is 18.7 Å². The average molecular weight is 314 g/mol. The van der Waals surface area contributed by atoms with Crippen molar-refractivity contribution in [3.8, 4) is 11.5 Å². The molecule has 1 fully saturated rings. The Balaban J connectivity index is 2.27. The maximum atomic E-state index is 12.7. The Bertz CT molecular complexity index is 581. The number of piperazine rings is 1. The molecule has 0 bridgehead atoms. The Morgan fingerprint density at radius 2 is 1.76 bits per heavy atom. The molecule has 1 heterocycles. The molecule has 118 valence electrons.